The first-order valence-electron chi connectivity index (χ1n) is 6.01. The summed E-state index contributed by atoms with van der Waals surface area (Å²) in [5, 5.41) is 8.22. The highest BCUT2D eigenvalue weighted by Gasteiger charge is 1.98. The fourth-order valence-electron chi connectivity index (χ4n) is 1.82. The molecule has 0 spiro atoms. The van der Waals surface area contributed by atoms with Gasteiger partial charge in [0.05, 0.1) is 20.8 Å². The molecule has 0 amide bonds. The van der Waals surface area contributed by atoms with E-state index in [4.69, 9.17) is 0 Å². The molecular weight excluding hydrogens is 530 g/mol. The summed E-state index contributed by atoms with van der Waals surface area (Å²) in [4.78, 5) is 0. The van der Waals surface area contributed by atoms with Gasteiger partial charge in [-0.15, -0.1) is 0 Å². The maximum atomic E-state index is 4.16. The highest BCUT2D eigenvalue weighted by molar-refractivity contribution is 14.1. The van der Waals surface area contributed by atoms with Crippen LogP contribution in [0.4, 0.5) is 4.70 Å². The van der Waals surface area contributed by atoms with E-state index in [0.29, 0.717) is 0 Å². The minimum atomic E-state index is 0. The molecule has 4 aromatic rings. The Labute approximate surface area is 156 Å². The van der Waals surface area contributed by atoms with Crippen LogP contribution in [0, 0.1) is 3.57 Å². The second-order valence-corrected chi connectivity index (χ2v) is 7.21. The summed E-state index contributed by atoms with van der Waals surface area (Å²) < 4.78 is 6.94. The SMILES string of the molecule is Brc1ccc2c(I)cnn2c1.Brc1ccc2ccnn2c1.F. The summed E-state index contributed by atoms with van der Waals surface area (Å²) in [6.07, 6.45) is 7.50. The second-order valence-electron chi connectivity index (χ2n) is 4.22. The summed E-state index contributed by atoms with van der Waals surface area (Å²) in [6.45, 7) is 0. The van der Waals surface area contributed by atoms with E-state index in [9.17, 15) is 0 Å². The molecule has 4 heterocycles. The van der Waals surface area contributed by atoms with Gasteiger partial charge in [0, 0.05) is 27.5 Å². The lowest BCUT2D eigenvalue weighted by Crippen LogP contribution is -1.84. The highest BCUT2D eigenvalue weighted by Crippen LogP contribution is 2.16. The lowest BCUT2D eigenvalue weighted by molar-refractivity contribution is 0.956. The third-order valence-electron chi connectivity index (χ3n) is 2.79. The number of nitrogens with zero attached hydrogens (tertiary/aromatic N) is 4. The van der Waals surface area contributed by atoms with Crippen LogP contribution in [0.5, 0.6) is 0 Å². The normalized spacial score (nSPS) is 10.1. The zero-order valence-electron chi connectivity index (χ0n) is 11.0. The Kier molecular flexibility index (Phi) is 5.93. The predicted molar refractivity (Wildman–Crippen MR) is 101 cm³/mol. The van der Waals surface area contributed by atoms with Gasteiger partial charge in [0.1, 0.15) is 0 Å². The quantitative estimate of drug-likeness (QED) is 0.296. The van der Waals surface area contributed by atoms with Crippen molar-refractivity contribution in [1.82, 2.24) is 19.2 Å². The summed E-state index contributed by atoms with van der Waals surface area (Å²) in [5.74, 6) is 0. The monoisotopic (exact) mass is 538 g/mol. The zero-order chi connectivity index (χ0) is 14.8. The molecule has 0 atom stereocenters. The lowest BCUT2D eigenvalue weighted by atomic mass is 10.4. The van der Waals surface area contributed by atoms with Crippen molar-refractivity contribution in [3.63, 3.8) is 0 Å². The number of rotatable bonds is 0. The molecular formula is C14H10Br2FIN4. The number of pyridine rings is 2. The van der Waals surface area contributed by atoms with Gasteiger partial charge in [-0.1, -0.05) is 0 Å². The highest BCUT2D eigenvalue weighted by atomic mass is 127. The average molecular weight is 540 g/mol. The molecule has 4 aromatic heterocycles. The van der Waals surface area contributed by atoms with Gasteiger partial charge >= 0.3 is 0 Å². The van der Waals surface area contributed by atoms with Gasteiger partial charge in [-0.05, 0) is 84.8 Å². The van der Waals surface area contributed by atoms with Crippen LogP contribution >= 0.6 is 54.5 Å². The molecule has 8 heteroatoms. The number of aromatic nitrogens is 4. The fourth-order valence-corrected chi connectivity index (χ4v) is 3.02. The smallest absolute Gasteiger partial charge is 0.0796 e. The molecule has 0 N–H and O–H groups in total. The van der Waals surface area contributed by atoms with Crippen molar-refractivity contribution < 1.29 is 4.70 Å². The summed E-state index contributed by atoms with van der Waals surface area (Å²) in [5.41, 5.74) is 2.26. The van der Waals surface area contributed by atoms with Gasteiger partial charge in [0.2, 0.25) is 0 Å². The van der Waals surface area contributed by atoms with Crippen molar-refractivity contribution >= 4 is 65.5 Å². The Balaban J connectivity index is 0.000000154. The standard InChI is InChI=1S/C7H4BrIN2.C7H5BrN2.FH/c8-5-1-2-7-6(9)3-10-11(7)4-5;8-6-1-2-7-3-4-9-10(7)5-6;/h1-4H;1-5H;1H. The Morgan fingerprint density at radius 2 is 1.55 bits per heavy atom. The molecule has 0 radical (unpaired) electrons. The molecule has 4 nitrogen and oxygen atoms in total. The Bertz CT molecular complexity index is 906. The van der Waals surface area contributed by atoms with Crippen molar-refractivity contribution in [1.29, 1.82) is 0 Å². The van der Waals surface area contributed by atoms with Crippen molar-refractivity contribution in [3.8, 4) is 0 Å². The number of hydrogen-bond acceptors (Lipinski definition) is 2. The van der Waals surface area contributed by atoms with Gasteiger partial charge in [0.25, 0.3) is 0 Å². The fraction of sp³-hybridized carbons (Fsp3) is 0. The van der Waals surface area contributed by atoms with Crippen molar-refractivity contribution in [3.05, 3.63) is 67.6 Å². The molecule has 0 aliphatic carbocycles. The Morgan fingerprint density at radius 3 is 2.32 bits per heavy atom. The first kappa shape index (κ1) is 17.4. The number of hydrogen-bond donors (Lipinski definition) is 0. The van der Waals surface area contributed by atoms with Crippen LogP contribution in [0.1, 0.15) is 0 Å². The first-order valence-corrected chi connectivity index (χ1v) is 8.67. The molecule has 0 unspecified atom stereocenters. The Morgan fingerprint density at radius 1 is 0.864 bits per heavy atom. The Hall–Kier alpha value is -1.00. The molecule has 0 aliphatic heterocycles. The van der Waals surface area contributed by atoms with Gasteiger partial charge in [-0.3, -0.25) is 4.70 Å². The van der Waals surface area contributed by atoms with E-state index in [1.54, 1.807) is 6.20 Å². The molecule has 114 valence electrons. The largest absolute Gasteiger partial charge is 0.269 e. The van der Waals surface area contributed by atoms with Crippen molar-refractivity contribution in [2.75, 3.05) is 0 Å². The topological polar surface area (TPSA) is 34.6 Å². The van der Waals surface area contributed by atoms with Crippen LogP contribution in [-0.4, -0.2) is 19.2 Å². The molecule has 0 fully saturated rings. The van der Waals surface area contributed by atoms with E-state index < -0.39 is 0 Å². The summed E-state index contributed by atoms with van der Waals surface area (Å²) >= 11 is 9.00. The maximum absolute atomic E-state index is 4.16. The van der Waals surface area contributed by atoms with E-state index in [0.717, 1.165) is 20.0 Å². The first-order chi connectivity index (χ1) is 10.1. The number of halogens is 4. The van der Waals surface area contributed by atoms with Crippen molar-refractivity contribution in [2.24, 2.45) is 0 Å². The third kappa shape index (κ3) is 3.85. The summed E-state index contributed by atoms with van der Waals surface area (Å²) in [7, 11) is 0. The van der Waals surface area contributed by atoms with Crippen LogP contribution < -0.4 is 0 Å². The van der Waals surface area contributed by atoms with E-state index in [2.05, 4.69) is 64.6 Å². The minimum absolute atomic E-state index is 0. The minimum Gasteiger partial charge on any atom is -0.269 e. The van der Waals surface area contributed by atoms with E-state index in [-0.39, 0.29) is 4.70 Å². The van der Waals surface area contributed by atoms with E-state index in [1.165, 1.54) is 3.57 Å². The molecule has 0 bridgehead atoms. The maximum Gasteiger partial charge on any atom is 0.0796 e. The van der Waals surface area contributed by atoms with Gasteiger partial charge in [-0.2, -0.15) is 10.2 Å². The van der Waals surface area contributed by atoms with Gasteiger partial charge in [-0.25, -0.2) is 9.03 Å². The van der Waals surface area contributed by atoms with Crippen LogP contribution in [0.25, 0.3) is 11.0 Å². The molecule has 4 rings (SSSR count). The van der Waals surface area contributed by atoms with Crippen LogP contribution in [-0.2, 0) is 0 Å². The zero-order valence-corrected chi connectivity index (χ0v) is 16.4. The molecule has 0 aromatic carbocycles. The average Bonchev–Trinajstić information content (AvgIpc) is 3.06. The van der Waals surface area contributed by atoms with Crippen molar-refractivity contribution in [2.45, 2.75) is 0 Å². The van der Waals surface area contributed by atoms with Crippen LogP contribution in [0.15, 0.2) is 64.1 Å². The van der Waals surface area contributed by atoms with E-state index >= 15 is 0 Å². The summed E-state index contributed by atoms with van der Waals surface area (Å²) in [6, 6.07) is 10.0. The van der Waals surface area contributed by atoms with Gasteiger partial charge in [0.15, 0.2) is 0 Å². The molecule has 22 heavy (non-hydrogen) atoms. The van der Waals surface area contributed by atoms with Crippen LogP contribution in [0.3, 0.4) is 0 Å². The lowest BCUT2D eigenvalue weighted by Gasteiger charge is -1.92. The third-order valence-corrected chi connectivity index (χ3v) is 4.56. The molecule has 0 saturated carbocycles. The van der Waals surface area contributed by atoms with Gasteiger partial charge < -0.3 is 0 Å². The number of fused-ring (bicyclic) bond motifs is 2. The van der Waals surface area contributed by atoms with Crippen LogP contribution in [0.2, 0.25) is 0 Å². The van der Waals surface area contributed by atoms with E-state index in [1.807, 2.05) is 58.0 Å². The predicted octanol–water partition coefficient (Wildman–Crippen LogP) is 4.95. The second kappa shape index (κ2) is 7.51. The molecule has 0 aliphatic rings. The molecule has 0 saturated heterocycles.